The van der Waals surface area contributed by atoms with E-state index in [1.54, 1.807) is 23.1 Å². The van der Waals surface area contributed by atoms with E-state index in [9.17, 15) is 9.90 Å². The molecule has 0 saturated carbocycles. The van der Waals surface area contributed by atoms with E-state index in [1.807, 2.05) is 30.3 Å². The standard InChI is InChI=1S/C17H18ClNO3/c1-22-16-11-14(7-8-15(16)18)17(21)19(9-10-20)12-13-5-3-2-4-6-13/h2-8,11,20H,9-10,12H2,1H3. The topological polar surface area (TPSA) is 49.8 Å². The van der Waals surface area contributed by atoms with Gasteiger partial charge >= 0.3 is 0 Å². The molecular weight excluding hydrogens is 302 g/mol. The number of rotatable bonds is 6. The van der Waals surface area contributed by atoms with Crippen molar-refractivity contribution in [3.05, 3.63) is 64.7 Å². The molecule has 0 spiro atoms. The Balaban J connectivity index is 2.22. The lowest BCUT2D eigenvalue weighted by Crippen LogP contribution is -2.33. The summed E-state index contributed by atoms with van der Waals surface area (Å²) in [7, 11) is 1.50. The molecule has 1 N–H and O–H groups in total. The fraction of sp³-hybridized carbons (Fsp3) is 0.235. The summed E-state index contributed by atoms with van der Waals surface area (Å²) in [6, 6.07) is 14.5. The molecule has 0 heterocycles. The van der Waals surface area contributed by atoms with Crippen LogP contribution in [0.5, 0.6) is 5.75 Å². The average molecular weight is 320 g/mol. The van der Waals surface area contributed by atoms with E-state index in [0.717, 1.165) is 5.56 Å². The van der Waals surface area contributed by atoms with Crippen molar-refractivity contribution in [1.82, 2.24) is 4.90 Å². The van der Waals surface area contributed by atoms with Crippen molar-refractivity contribution >= 4 is 17.5 Å². The van der Waals surface area contributed by atoms with Gasteiger partial charge in [0.2, 0.25) is 0 Å². The summed E-state index contributed by atoms with van der Waals surface area (Å²) in [6.07, 6.45) is 0. The summed E-state index contributed by atoms with van der Waals surface area (Å²) >= 11 is 5.98. The third kappa shape index (κ3) is 4.00. The van der Waals surface area contributed by atoms with Crippen LogP contribution in [0.15, 0.2) is 48.5 Å². The van der Waals surface area contributed by atoms with Gasteiger partial charge in [0.15, 0.2) is 0 Å². The molecule has 2 aromatic rings. The van der Waals surface area contributed by atoms with Crippen LogP contribution in [-0.4, -0.2) is 36.2 Å². The second-order valence-corrected chi connectivity index (χ2v) is 5.19. The highest BCUT2D eigenvalue weighted by Crippen LogP contribution is 2.25. The predicted octanol–water partition coefficient (Wildman–Crippen LogP) is 2.98. The number of hydrogen-bond acceptors (Lipinski definition) is 3. The second kappa shape index (κ2) is 7.82. The molecule has 0 saturated heterocycles. The molecule has 0 aliphatic rings. The Kier molecular flexibility index (Phi) is 5.81. The first-order valence-corrected chi connectivity index (χ1v) is 7.31. The minimum atomic E-state index is -0.173. The molecule has 4 nitrogen and oxygen atoms in total. The maximum absolute atomic E-state index is 12.6. The number of amides is 1. The zero-order valence-electron chi connectivity index (χ0n) is 12.3. The summed E-state index contributed by atoms with van der Waals surface area (Å²) in [6.45, 7) is 0.604. The van der Waals surface area contributed by atoms with Gasteiger partial charge in [-0.05, 0) is 23.8 Å². The number of hydrogen-bond donors (Lipinski definition) is 1. The van der Waals surface area contributed by atoms with Gasteiger partial charge < -0.3 is 14.7 Å². The fourth-order valence-electron chi connectivity index (χ4n) is 2.15. The first-order chi connectivity index (χ1) is 10.7. The van der Waals surface area contributed by atoms with Crippen LogP contribution in [0.1, 0.15) is 15.9 Å². The Labute approximate surface area is 134 Å². The number of nitrogens with zero attached hydrogens (tertiary/aromatic N) is 1. The molecule has 0 bridgehead atoms. The third-order valence-corrected chi connectivity index (χ3v) is 3.58. The molecule has 0 aliphatic heterocycles. The van der Waals surface area contributed by atoms with Crippen LogP contribution in [-0.2, 0) is 6.54 Å². The minimum Gasteiger partial charge on any atom is -0.495 e. The van der Waals surface area contributed by atoms with Crippen molar-refractivity contribution in [1.29, 1.82) is 0 Å². The van der Waals surface area contributed by atoms with Crippen molar-refractivity contribution in [3.63, 3.8) is 0 Å². The van der Waals surface area contributed by atoms with E-state index in [4.69, 9.17) is 16.3 Å². The summed E-state index contributed by atoms with van der Waals surface area (Å²) < 4.78 is 5.14. The minimum absolute atomic E-state index is 0.0940. The number of halogens is 1. The van der Waals surface area contributed by atoms with Crippen LogP contribution >= 0.6 is 11.6 Å². The largest absolute Gasteiger partial charge is 0.495 e. The molecule has 22 heavy (non-hydrogen) atoms. The van der Waals surface area contributed by atoms with E-state index < -0.39 is 0 Å². The highest BCUT2D eigenvalue weighted by Gasteiger charge is 2.17. The van der Waals surface area contributed by atoms with Gasteiger partial charge in [0, 0.05) is 18.7 Å². The van der Waals surface area contributed by atoms with Crippen molar-refractivity contribution in [3.8, 4) is 5.75 Å². The van der Waals surface area contributed by atoms with E-state index in [1.165, 1.54) is 7.11 Å². The van der Waals surface area contributed by atoms with Crippen LogP contribution in [0, 0.1) is 0 Å². The second-order valence-electron chi connectivity index (χ2n) is 4.79. The van der Waals surface area contributed by atoms with E-state index in [2.05, 4.69) is 0 Å². The zero-order valence-corrected chi connectivity index (χ0v) is 13.1. The third-order valence-electron chi connectivity index (χ3n) is 3.27. The molecule has 2 aromatic carbocycles. The fourth-order valence-corrected chi connectivity index (χ4v) is 2.35. The number of benzene rings is 2. The molecule has 0 unspecified atom stereocenters. The monoisotopic (exact) mass is 319 g/mol. The average Bonchev–Trinajstić information content (AvgIpc) is 2.55. The van der Waals surface area contributed by atoms with Gasteiger partial charge in [-0.25, -0.2) is 0 Å². The first kappa shape index (κ1) is 16.3. The molecule has 0 fully saturated rings. The zero-order chi connectivity index (χ0) is 15.9. The Hall–Kier alpha value is -2.04. The van der Waals surface area contributed by atoms with Crippen LogP contribution in [0.2, 0.25) is 5.02 Å². The van der Waals surface area contributed by atoms with Gasteiger partial charge in [0.05, 0.1) is 18.7 Å². The molecule has 0 aromatic heterocycles. The Bertz CT molecular complexity index is 631. The molecule has 0 atom stereocenters. The van der Waals surface area contributed by atoms with Crippen LogP contribution < -0.4 is 4.74 Å². The quantitative estimate of drug-likeness (QED) is 0.890. The molecule has 0 radical (unpaired) electrons. The number of aliphatic hydroxyl groups is 1. The number of aliphatic hydroxyl groups excluding tert-OH is 1. The maximum Gasteiger partial charge on any atom is 0.254 e. The number of ether oxygens (including phenoxy) is 1. The van der Waals surface area contributed by atoms with Gasteiger partial charge in [-0.1, -0.05) is 41.9 Å². The summed E-state index contributed by atoms with van der Waals surface area (Å²) in [4.78, 5) is 14.2. The van der Waals surface area contributed by atoms with Crippen LogP contribution in [0.3, 0.4) is 0 Å². The SMILES string of the molecule is COc1cc(C(=O)N(CCO)Cc2ccccc2)ccc1Cl. The lowest BCUT2D eigenvalue weighted by Gasteiger charge is -2.22. The predicted molar refractivity (Wildman–Crippen MR) is 86.3 cm³/mol. The lowest BCUT2D eigenvalue weighted by molar-refractivity contribution is 0.0707. The van der Waals surface area contributed by atoms with Crippen LogP contribution in [0.25, 0.3) is 0 Å². The van der Waals surface area contributed by atoms with Crippen molar-refractivity contribution in [2.24, 2.45) is 0 Å². The summed E-state index contributed by atoms with van der Waals surface area (Å²) in [5.74, 6) is 0.282. The molecule has 1 amide bonds. The highest BCUT2D eigenvalue weighted by atomic mass is 35.5. The van der Waals surface area contributed by atoms with E-state index in [0.29, 0.717) is 22.9 Å². The molecule has 5 heteroatoms. The Morgan fingerprint density at radius 1 is 1.23 bits per heavy atom. The Morgan fingerprint density at radius 2 is 1.95 bits per heavy atom. The van der Waals surface area contributed by atoms with Crippen molar-refractivity contribution < 1.29 is 14.6 Å². The lowest BCUT2D eigenvalue weighted by atomic mass is 10.1. The Morgan fingerprint density at radius 3 is 2.59 bits per heavy atom. The number of carbonyl (C=O) groups excluding carboxylic acids is 1. The molecular formula is C17H18ClNO3. The van der Waals surface area contributed by atoms with Gasteiger partial charge in [-0.2, -0.15) is 0 Å². The van der Waals surface area contributed by atoms with Crippen molar-refractivity contribution in [2.75, 3.05) is 20.3 Å². The van der Waals surface area contributed by atoms with Gasteiger partial charge in [0.1, 0.15) is 5.75 Å². The molecule has 0 aliphatic carbocycles. The number of carbonyl (C=O) groups is 1. The van der Waals surface area contributed by atoms with Gasteiger partial charge in [0.25, 0.3) is 5.91 Å². The summed E-state index contributed by atoms with van der Waals surface area (Å²) in [5.41, 5.74) is 1.48. The molecule has 2 rings (SSSR count). The van der Waals surface area contributed by atoms with Crippen molar-refractivity contribution in [2.45, 2.75) is 6.54 Å². The van der Waals surface area contributed by atoms with Gasteiger partial charge in [-0.3, -0.25) is 4.79 Å². The first-order valence-electron chi connectivity index (χ1n) is 6.93. The van der Waals surface area contributed by atoms with Crippen LogP contribution in [0.4, 0.5) is 0 Å². The van der Waals surface area contributed by atoms with E-state index in [-0.39, 0.29) is 19.1 Å². The highest BCUT2D eigenvalue weighted by molar-refractivity contribution is 6.32. The normalized spacial score (nSPS) is 10.3. The molecule has 116 valence electrons. The van der Waals surface area contributed by atoms with E-state index >= 15 is 0 Å². The smallest absolute Gasteiger partial charge is 0.254 e. The van der Waals surface area contributed by atoms with Gasteiger partial charge in [-0.15, -0.1) is 0 Å². The maximum atomic E-state index is 12.6. The number of methoxy groups -OCH3 is 1. The summed E-state index contributed by atoms with van der Waals surface area (Å²) in [5, 5.41) is 9.67.